The first-order valence-electron chi connectivity index (χ1n) is 3.79. The maximum atomic E-state index is 12.4. The van der Waals surface area contributed by atoms with Crippen molar-refractivity contribution in [1.82, 2.24) is 4.98 Å². The first-order valence-corrected chi connectivity index (χ1v) is 4.87. The molecule has 1 rings (SSSR count). The van der Waals surface area contributed by atoms with Crippen LogP contribution in [0.25, 0.3) is 0 Å². The Hall–Kier alpha value is -0.900. The number of nitrogens with two attached hydrogens (primary N) is 1. The van der Waals surface area contributed by atoms with Crippen molar-refractivity contribution in [2.45, 2.75) is 13.0 Å². The number of aromatic nitrogens is 1. The molecule has 1 aromatic heterocycles. The van der Waals surface area contributed by atoms with Crippen LogP contribution in [0, 0.1) is 13.7 Å². The number of rotatable bonds is 3. The zero-order chi connectivity index (χ0) is 11.6. The lowest BCUT2D eigenvalue weighted by Crippen LogP contribution is -2.07. The third kappa shape index (κ3) is 2.56. The van der Waals surface area contributed by atoms with E-state index in [-0.39, 0.29) is 15.7 Å². The molecule has 0 fully saturated rings. The van der Waals surface area contributed by atoms with Crippen LogP contribution in [0.4, 0.5) is 14.6 Å². The summed E-state index contributed by atoms with van der Waals surface area (Å²) < 4.78 is 24.9. The number of nitro groups is 1. The molecule has 15 heavy (non-hydrogen) atoms. The average Bonchev–Trinajstić information content (AvgIpc) is 2.16. The molecule has 0 saturated heterocycles. The van der Waals surface area contributed by atoms with Crippen molar-refractivity contribution in [3.8, 4) is 0 Å². The summed E-state index contributed by atoms with van der Waals surface area (Å²) in [4.78, 5) is 13.0. The molecule has 1 heterocycles. The molecule has 0 aliphatic rings. The number of nitrogens with zero attached hydrogens (tertiary/aromatic N) is 2. The van der Waals surface area contributed by atoms with Crippen LogP contribution in [-0.4, -0.2) is 9.91 Å². The fraction of sp³-hybridized carbons (Fsp3) is 0.286. The predicted octanol–water partition coefficient (Wildman–Crippen LogP) is 1.99. The van der Waals surface area contributed by atoms with Crippen molar-refractivity contribution in [1.29, 1.82) is 0 Å². The van der Waals surface area contributed by atoms with E-state index in [1.165, 1.54) is 6.07 Å². The Bertz CT molecular complexity index is 400. The Morgan fingerprint density at radius 1 is 1.67 bits per heavy atom. The smallest absolute Gasteiger partial charge is 0.358 e. The van der Waals surface area contributed by atoms with E-state index >= 15 is 0 Å². The number of hydrogen-bond acceptors (Lipinski definition) is 4. The first-order chi connectivity index (χ1) is 6.97. The van der Waals surface area contributed by atoms with Gasteiger partial charge in [0, 0.05) is 6.54 Å². The van der Waals surface area contributed by atoms with Crippen molar-refractivity contribution in [3.63, 3.8) is 0 Å². The van der Waals surface area contributed by atoms with Gasteiger partial charge in [0.1, 0.15) is 0 Å². The van der Waals surface area contributed by atoms with E-state index in [1.807, 2.05) is 0 Å². The molecule has 0 aliphatic heterocycles. The van der Waals surface area contributed by atoms with Gasteiger partial charge in [0.15, 0.2) is 0 Å². The van der Waals surface area contributed by atoms with Crippen LogP contribution in [0.3, 0.4) is 0 Å². The van der Waals surface area contributed by atoms with Gasteiger partial charge in [0.2, 0.25) is 5.69 Å². The van der Waals surface area contributed by atoms with E-state index in [9.17, 15) is 18.9 Å². The maximum Gasteiger partial charge on any atom is 0.368 e. The van der Waals surface area contributed by atoms with Crippen molar-refractivity contribution < 1.29 is 13.7 Å². The molecular formula is C7H6F2IN3O2. The van der Waals surface area contributed by atoms with Gasteiger partial charge in [-0.05, 0) is 38.6 Å². The number of halogens is 3. The predicted molar refractivity (Wildman–Crippen MR) is 56.5 cm³/mol. The fourth-order valence-electron chi connectivity index (χ4n) is 0.992. The van der Waals surface area contributed by atoms with Gasteiger partial charge >= 0.3 is 12.2 Å². The zero-order valence-corrected chi connectivity index (χ0v) is 9.44. The third-order valence-electron chi connectivity index (χ3n) is 1.66. The molecule has 1 aromatic rings. The second kappa shape index (κ2) is 4.75. The molecule has 0 spiro atoms. The molecule has 0 unspecified atom stereocenters. The monoisotopic (exact) mass is 329 g/mol. The van der Waals surface area contributed by atoms with Crippen molar-refractivity contribution in [2.24, 2.45) is 5.73 Å². The van der Waals surface area contributed by atoms with Crippen LogP contribution in [0.1, 0.15) is 17.7 Å². The summed E-state index contributed by atoms with van der Waals surface area (Å²) in [6, 6.07) is 1.26. The molecule has 2 N–H and O–H groups in total. The minimum atomic E-state index is -2.83. The third-order valence-corrected chi connectivity index (χ3v) is 2.52. The fourth-order valence-corrected chi connectivity index (χ4v) is 1.72. The van der Waals surface area contributed by atoms with E-state index < -0.39 is 22.9 Å². The SMILES string of the molecule is NCc1cc(I)c(C(F)F)nc1[N+](=O)[O-]. The lowest BCUT2D eigenvalue weighted by atomic mass is 10.2. The minimum Gasteiger partial charge on any atom is -0.358 e. The van der Waals surface area contributed by atoms with Gasteiger partial charge in [-0.25, -0.2) is 8.78 Å². The van der Waals surface area contributed by atoms with E-state index in [1.54, 1.807) is 22.6 Å². The quantitative estimate of drug-likeness (QED) is 0.522. The van der Waals surface area contributed by atoms with Gasteiger partial charge in [-0.3, -0.25) is 0 Å². The Morgan fingerprint density at radius 3 is 2.67 bits per heavy atom. The van der Waals surface area contributed by atoms with Gasteiger partial charge in [-0.1, -0.05) is 0 Å². The van der Waals surface area contributed by atoms with Crippen molar-refractivity contribution in [3.05, 3.63) is 31.0 Å². The van der Waals surface area contributed by atoms with Gasteiger partial charge in [0.05, 0.1) is 9.13 Å². The Labute approximate surface area is 97.0 Å². The maximum absolute atomic E-state index is 12.4. The normalized spacial score (nSPS) is 10.7. The number of hydrogen-bond donors (Lipinski definition) is 1. The molecule has 0 aliphatic carbocycles. The molecule has 5 nitrogen and oxygen atoms in total. The molecule has 0 aromatic carbocycles. The van der Waals surface area contributed by atoms with Gasteiger partial charge < -0.3 is 15.8 Å². The largest absolute Gasteiger partial charge is 0.368 e. The van der Waals surface area contributed by atoms with Gasteiger partial charge in [-0.2, -0.15) is 0 Å². The number of alkyl halides is 2. The average molecular weight is 329 g/mol. The molecular weight excluding hydrogens is 323 g/mol. The molecule has 8 heteroatoms. The van der Waals surface area contributed by atoms with E-state index in [2.05, 4.69) is 4.98 Å². The summed E-state index contributed by atoms with van der Waals surface area (Å²) in [6.45, 7) is -0.108. The molecule has 0 saturated carbocycles. The summed E-state index contributed by atoms with van der Waals surface area (Å²) >= 11 is 1.64. The minimum absolute atomic E-state index is 0.108. The lowest BCUT2D eigenvalue weighted by molar-refractivity contribution is -0.390. The molecule has 82 valence electrons. The summed E-state index contributed by atoms with van der Waals surface area (Å²) in [6.07, 6.45) is -2.83. The van der Waals surface area contributed by atoms with E-state index in [0.29, 0.717) is 0 Å². The summed E-state index contributed by atoms with van der Waals surface area (Å²) in [5.74, 6) is -0.604. The standard InChI is InChI=1S/C7H6F2IN3O2/c8-6(9)5-4(10)1-3(2-11)7(12-5)13(14)15/h1,6H,2,11H2. The highest BCUT2D eigenvalue weighted by atomic mass is 127. The Kier molecular flexibility index (Phi) is 3.85. The highest BCUT2D eigenvalue weighted by molar-refractivity contribution is 14.1. The first kappa shape index (κ1) is 12.2. The lowest BCUT2D eigenvalue weighted by Gasteiger charge is -2.03. The van der Waals surface area contributed by atoms with Crippen LogP contribution in [0.5, 0.6) is 0 Å². The highest BCUT2D eigenvalue weighted by Crippen LogP contribution is 2.27. The van der Waals surface area contributed by atoms with Crippen molar-refractivity contribution >= 4 is 28.4 Å². The summed E-state index contributed by atoms with van der Waals surface area (Å²) in [5, 5.41) is 10.5. The second-order valence-corrected chi connectivity index (χ2v) is 3.76. The second-order valence-electron chi connectivity index (χ2n) is 2.60. The zero-order valence-electron chi connectivity index (χ0n) is 7.28. The topological polar surface area (TPSA) is 82.0 Å². The van der Waals surface area contributed by atoms with Crippen LogP contribution >= 0.6 is 22.6 Å². The van der Waals surface area contributed by atoms with Crippen LogP contribution in [-0.2, 0) is 6.54 Å². The molecule has 0 bridgehead atoms. The number of pyridine rings is 1. The summed E-state index contributed by atoms with van der Waals surface area (Å²) in [7, 11) is 0. The van der Waals surface area contributed by atoms with E-state index in [0.717, 1.165) is 0 Å². The molecule has 0 atom stereocenters. The highest BCUT2D eigenvalue weighted by Gasteiger charge is 2.25. The van der Waals surface area contributed by atoms with Gasteiger partial charge in [-0.15, -0.1) is 0 Å². The molecule has 0 radical (unpaired) electrons. The van der Waals surface area contributed by atoms with Crippen LogP contribution in [0.2, 0.25) is 0 Å². The van der Waals surface area contributed by atoms with Crippen LogP contribution < -0.4 is 5.73 Å². The van der Waals surface area contributed by atoms with E-state index in [4.69, 9.17) is 5.73 Å². The Morgan fingerprint density at radius 2 is 2.27 bits per heavy atom. The Balaban J connectivity index is 3.37. The van der Waals surface area contributed by atoms with Gasteiger partial charge in [0.25, 0.3) is 0 Å². The molecule has 0 amide bonds. The van der Waals surface area contributed by atoms with Crippen molar-refractivity contribution in [2.75, 3.05) is 0 Å². The van der Waals surface area contributed by atoms with Crippen LogP contribution in [0.15, 0.2) is 6.07 Å². The summed E-state index contributed by atoms with van der Waals surface area (Å²) in [5.41, 5.74) is 4.81.